The van der Waals surface area contributed by atoms with Crippen LogP contribution in [0.5, 0.6) is 0 Å². The molecule has 0 spiro atoms. The van der Waals surface area contributed by atoms with Gasteiger partial charge in [0.1, 0.15) is 0 Å². The van der Waals surface area contributed by atoms with Crippen molar-refractivity contribution < 1.29 is 9.32 Å². The van der Waals surface area contributed by atoms with Gasteiger partial charge in [-0.15, -0.1) is 0 Å². The lowest BCUT2D eigenvalue weighted by atomic mass is 10.0. The highest BCUT2D eigenvalue weighted by atomic mass is 16.5. The van der Waals surface area contributed by atoms with Gasteiger partial charge in [0.2, 0.25) is 11.8 Å². The predicted octanol–water partition coefficient (Wildman–Crippen LogP) is 1.41. The second-order valence-corrected chi connectivity index (χ2v) is 6.57. The number of carbonyl (C=O) groups excluding carboxylic acids is 1. The Morgan fingerprint density at radius 2 is 2.40 bits per heavy atom. The molecule has 1 aliphatic rings. The molecule has 1 unspecified atom stereocenters. The number of imidazole rings is 1. The van der Waals surface area contributed by atoms with Crippen LogP contribution >= 0.6 is 0 Å². The van der Waals surface area contributed by atoms with Gasteiger partial charge >= 0.3 is 0 Å². The number of aromatic nitrogens is 4. The molecule has 25 heavy (non-hydrogen) atoms. The van der Waals surface area contributed by atoms with E-state index in [4.69, 9.17) is 4.52 Å². The van der Waals surface area contributed by atoms with E-state index in [0.29, 0.717) is 25.3 Å². The first kappa shape index (κ1) is 17.6. The molecule has 8 heteroatoms. The van der Waals surface area contributed by atoms with Gasteiger partial charge in [0, 0.05) is 44.4 Å². The number of hydrogen-bond acceptors (Lipinski definition) is 6. The fourth-order valence-electron chi connectivity index (χ4n) is 3.23. The monoisotopic (exact) mass is 346 g/mol. The van der Waals surface area contributed by atoms with Crippen LogP contribution in [0.3, 0.4) is 0 Å². The Labute approximate surface area is 147 Å². The van der Waals surface area contributed by atoms with Crippen molar-refractivity contribution in [3.05, 3.63) is 29.9 Å². The zero-order valence-corrected chi connectivity index (χ0v) is 14.9. The Kier molecular flexibility index (Phi) is 5.80. The van der Waals surface area contributed by atoms with Crippen molar-refractivity contribution in [2.24, 2.45) is 0 Å². The minimum atomic E-state index is 0.175. The normalized spacial score (nSPS) is 18.4. The maximum Gasteiger partial charge on any atom is 0.226 e. The molecule has 2 aromatic heterocycles. The van der Waals surface area contributed by atoms with Gasteiger partial charge in [-0.3, -0.25) is 9.69 Å². The summed E-state index contributed by atoms with van der Waals surface area (Å²) in [7, 11) is 1.91. The van der Waals surface area contributed by atoms with Crippen molar-refractivity contribution in [2.45, 2.75) is 51.6 Å². The summed E-state index contributed by atoms with van der Waals surface area (Å²) in [6.07, 6.45) is 7.47. The number of aryl methyl sites for hydroxylation is 2. The number of piperidine rings is 1. The molecule has 0 radical (unpaired) electrons. The number of nitrogens with one attached hydrogen (secondary N) is 1. The third-order valence-electron chi connectivity index (χ3n) is 4.76. The van der Waals surface area contributed by atoms with E-state index >= 15 is 0 Å². The first-order chi connectivity index (χ1) is 12.2. The first-order valence-electron chi connectivity index (χ1n) is 8.92. The van der Waals surface area contributed by atoms with Crippen LogP contribution in [-0.4, -0.2) is 62.0 Å². The fraction of sp³-hybridized carbons (Fsp3) is 0.647. The summed E-state index contributed by atoms with van der Waals surface area (Å²) in [6, 6.07) is 0.237. The molecule has 0 saturated carbocycles. The topological polar surface area (TPSA) is 91.2 Å². The van der Waals surface area contributed by atoms with Crippen LogP contribution in [0.2, 0.25) is 0 Å². The lowest BCUT2D eigenvalue weighted by molar-refractivity contribution is -0.133. The second kappa shape index (κ2) is 8.24. The Bertz CT molecular complexity index is 668. The molecule has 0 aromatic carbocycles. The van der Waals surface area contributed by atoms with Crippen molar-refractivity contribution in [1.82, 2.24) is 29.9 Å². The molecule has 1 aliphatic heterocycles. The van der Waals surface area contributed by atoms with Crippen LogP contribution in [0.25, 0.3) is 0 Å². The van der Waals surface area contributed by atoms with Gasteiger partial charge in [-0.1, -0.05) is 12.1 Å². The van der Waals surface area contributed by atoms with Crippen molar-refractivity contribution in [3.8, 4) is 0 Å². The largest absolute Gasteiger partial charge is 0.348 e. The van der Waals surface area contributed by atoms with E-state index in [2.05, 4.69) is 25.0 Å². The van der Waals surface area contributed by atoms with Crippen molar-refractivity contribution in [3.63, 3.8) is 0 Å². The number of hydrogen-bond donors (Lipinski definition) is 1. The minimum Gasteiger partial charge on any atom is -0.348 e. The molecule has 0 aliphatic carbocycles. The molecule has 1 fully saturated rings. The number of amides is 1. The number of nitrogens with zero attached hydrogens (tertiary/aromatic N) is 5. The van der Waals surface area contributed by atoms with E-state index in [1.165, 1.54) is 0 Å². The highest BCUT2D eigenvalue weighted by molar-refractivity contribution is 5.76. The smallest absolute Gasteiger partial charge is 0.226 e. The number of likely N-dealkylation sites (tertiary alicyclic amines) is 1. The van der Waals surface area contributed by atoms with Gasteiger partial charge in [-0.25, -0.2) is 4.98 Å². The number of H-pyrrole nitrogens is 1. The predicted molar refractivity (Wildman–Crippen MR) is 91.7 cm³/mol. The summed E-state index contributed by atoms with van der Waals surface area (Å²) in [5.41, 5.74) is 0.996. The molecular weight excluding hydrogens is 320 g/mol. The average Bonchev–Trinajstić information content (AvgIpc) is 3.31. The molecular formula is C17H26N6O2. The van der Waals surface area contributed by atoms with E-state index in [1.54, 1.807) is 12.5 Å². The Morgan fingerprint density at radius 1 is 1.52 bits per heavy atom. The molecule has 1 saturated heterocycles. The summed E-state index contributed by atoms with van der Waals surface area (Å²) in [4.78, 5) is 28.1. The van der Waals surface area contributed by atoms with E-state index in [-0.39, 0.29) is 11.9 Å². The van der Waals surface area contributed by atoms with E-state index in [1.807, 2.05) is 18.9 Å². The third kappa shape index (κ3) is 4.66. The summed E-state index contributed by atoms with van der Waals surface area (Å²) in [6.45, 7) is 4.53. The lowest BCUT2D eigenvalue weighted by Gasteiger charge is -2.37. The summed E-state index contributed by atoms with van der Waals surface area (Å²) >= 11 is 0. The first-order valence-corrected chi connectivity index (χ1v) is 8.92. The van der Waals surface area contributed by atoms with Crippen LogP contribution in [0.15, 0.2) is 17.0 Å². The molecule has 1 atom stereocenters. The van der Waals surface area contributed by atoms with Crippen LogP contribution in [0, 0.1) is 0 Å². The Hall–Kier alpha value is -2.22. The standard InChI is InChI=1S/C17H26N6O2/c1-3-16-20-15(21-25-16)11-23-8-4-5-14(10-23)22(2)17(24)7-6-13-9-18-12-19-13/h9,12,14H,3-8,10-11H2,1-2H3,(H,18,19). The minimum absolute atomic E-state index is 0.175. The molecule has 2 aromatic rings. The number of rotatable bonds is 7. The SMILES string of the molecule is CCc1nc(CN2CCCC(N(C)C(=O)CCc3cnc[nH]3)C2)no1. The maximum atomic E-state index is 12.5. The van der Waals surface area contributed by atoms with E-state index < -0.39 is 0 Å². The fourth-order valence-corrected chi connectivity index (χ4v) is 3.23. The quantitative estimate of drug-likeness (QED) is 0.815. The van der Waals surface area contributed by atoms with Crippen molar-refractivity contribution in [2.75, 3.05) is 20.1 Å². The summed E-state index contributed by atoms with van der Waals surface area (Å²) in [5.74, 6) is 1.58. The zero-order valence-electron chi connectivity index (χ0n) is 14.9. The molecule has 1 N–H and O–H groups in total. The van der Waals surface area contributed by atoms with Gasteiger partial charge in [-0.2, -0.15) is 4.98 Å². The van der Waals surface area contributed by atoms with Crippen LogP contribution < -0.4 is 0 Å². The Morgan fingerprint density at radius 3 is 3.12 bits per heavy atom. The van der Waals surface area contributed by atoms with Crippen LogP contribution in [-0.2, 0) is 24.2 Å². The second-order valence-electron chi connectivity index (χ2n) is 6.57. The lowest BCUT2D eigenvalue weighted by Crippen LogP contribution is -2.48. The van der Waals surface area contributed by atoms with Crippen LogP contribution in [0.1, 0.15) is 43.6 Å². The molecule has 3 heterocycles. The number of likely N-dealkylation sites (N-methyl/N-ethyl adjacent to an activating group) is 1. The van der Waals surface area contributed by atoms with E-state index in [9.17, 15) is 4.79 Å². The molecule has 0 bridgehead atoms. The Balaban J connectivity index is 1.50. The summed E-state index contributed by atoms with van der Waals surface area (Å²) < 4.78 is 5.17. The van der Waals surface area contributed by atoms with Crippen molar-refractivity contribution in [1.29, 1.82) is 0 Å². The van der Waals surface area contributed by atoms with Crippen molar-refractivity contribution >= 4 is 5.91 Å². The van der Waals surface area contributed by atoms with Crippen LogP contribution in [0.4, 0.5) is 0 Å². The third-order valence-corrected chi connectivity index (χ3v) is 4.76. The van der Waals surface area contributed by atoms with Gasteiger partial charge in [0.15, 0.2) is 5.82 Å². The number of aromatic amines is 1. The maximum absolute atomic E-state index is 12.5. The molecule has 1 amide bonds. The number of carbonyl (C=O) groups is 1. The molecule has 3 rings (SSSR count). The molecule has 136 valence electrons. The zero-order chi connectivity index (χ0) is 17.6. The van der Waals surface area contributed by atoms with Gasteiger partial charge in [-0.05, 0) is 25.8 Å². The van der Waals surface area contributed by atoms with E-state index in [0.717, 1.165) is 43.9 Å². The summed E-state index contributed by atoms with van der Waals surface area (Å²) in [5, 5.41) is 4.03. The highest BCUT2D eigenvalue weighted by Gasteiger charge is 2.26. The van der Waals surface area contributed by atoms with Gasteiger partial charge in [0.05, 0.1) is 12.9 Å². The van der Waals surface area contributed by atoms with Gasteiger partial charge < -0.3 is 14.4 Å². The highest BCUT2D eigenvalue weighted by Crippen LogP contribution is 2.17. The van der Waals surface area contributed by atoms with Gasteiger partial charge in [0.25, 0.3) is 0 Å². The molecule has 8 nitrogen and oxygen atoms in total. The average molecular weight is 346 g/mol.